The molecule has 1 heterocycles. The van der Waals surface area contributed by atoms with Crippen molar-refractivity contribution in [2.75, 3.05) is 13.1 Å². The van der Waals surface area contributed by atoms with Crippen LogP contribution in [0.4, 0.5) is 0 Å². The molecule has 3 heteroatoms. The van der Waals surface area contributed by atoms with E-state index in [4.69, 9.17) is 0 Å². The van der Waals surface area contributed by atoms with Crippen LogP contribution in [0.3, 0.4) is 0 Å². The topological polar surface area (TPSA) is 40.5 Å². The molecule has 1 aliphatic rings. The molecule has 1 amide bonds. The van der Waals surface area contributed by atoms with Crippen molar-refractivity contribution in [1.82, 2.24) is 4.90 Å². The van der Waals surface area contributed by atoms with Crippen LogP contribution in [0.15, 0.2) is 18.2 Å². The normalized spacial score (nSPS) is 19.7. The number of hydrogen-bond donors (Lipinski definition) is 1. The van der Waals surface area contributed by atoms with Crippen LogP contribution in [0.5, 0.6) is 0 Å². The Labute approximate surface area is 102 Å². The molecule has 0 spiro atoms. The summed E-state index contributed by atoms with van der Waals surface area (Å²) in [4.78, 5) is 13.8. The minimum absolute atomic E-state index is 0.121. The van der Waals surface area contributed by atoms with E-state index in [1.807, 2.05) is 13.8 Å². The van der Waals surface area contributed by atoms with Gasteiger partial charge in [-0.05, 0) is 31.4 Å². The molecule has 2 rings (SSSR count). The zero-order valence-electron chi connectivity index (χ0n) is 10.4. The fourth-order valence-electron chi connectivity index (χ4n) is 2.23. The monoisotopic (exact) mass is 233 g/mol. The lowest BCUT2D eigenvalue weighted by Crippen LogP contribution is -2.31. The van der Waals surface area contributed by atoms with E-state index in [0.29, 0.717) is 25.9 Å². The molecule has 1 saturated heterocycles. The standard InChI is InChI=1S/C14H19NO2/c1-10-3-4-11(2)12(7-10)8-14(17)15-6-5-13(16)9-15/h3-4,7,13,16H,5-6,8-9H2,1-2H3/t13-/m0/s1. The van der Waals surface area contributed by atoms with Gasteiger partial charge in [0.2, 0.25) is 5.91 Å². The van der Waals surface area contributed by atoms with Gasteiger partial charge < -0.3 is 10.0 Å². The molecule has 0 saturated carbocycles. The highest BCUT2D eigenvalue weighted by Gasteiger charge is 2.24. The number of likely N-dealkylation sites (tertiary alicyclic amines) is 1. The molecule has 0 bridgehead atoms. The Morgan fingerprint density at radius 2 is 2.24 bits per heavy atom. The van der Waals surface area contributed by atoms with Gasteiger partial charge in [0.1, 0.15) is 0 Å². The number of rotatable bonds is 2. The van der Waals surface area contributed by atoms with Crippen molar-refractivity contribution in [2.45, 2.75) is 32.8 Å². The summed E-state index contributed by atoms with van der Waals surface area (Å²) in [6, 6.07) is 6.18. The van der Waals surface area contributed by atoms with Crippen molar-refractivity contribution in [3.8, 4) is 0 Å². The van der Waals surface area contributed by atoms with E-state index in [1.165, 1.54) is 5.56 Å². The van der Waals surface area contributed by atoms with Gasteiger partial charge in [-0.1, -0.05) is 23.8 Å². The van der Waals surface area contributed by atoms with Crippen LogP contribution in [0.2, 0.25) is 0 Å². The third-order valence-electron chi connectivity index (χ3n) is 3.36. The molecular weight excluding hydrogens is 214 g/mol. The van der Waals surface area contributed by atoms with Crippen LogP contribution < -0.4 is 0 Å². The molecule has 1 atom stereocenters. The highest BCUT2D eigenvalue weighted by Crippen LogP contribution is 2.15. The molecule has 1 aliphatic heterocycles. The van der Waals surface area contributed by atoms with E-state index in [-0.39, 0.29) is 12.0 Å². The SMILES string of the molecule is Cc1ccc(C)c(CC(=O)N2CC[C@H](O)C2)c1. The number of hydrogen-bond acceptors (Lipinski definition) is 2. The van der Waals surface area contributed by atoms with E-state index < -0.39 is 0 Å². The summed E-state index contributed by atoms with van der Waals surface area (Å²) in [6.07, 6.45) is 0.816. The Balaban J connectivity index is 2.05. The van der Waals surface area contributed by atoms with Gasteiger partial charge >= 0.3 is 0 Å². The van der Waals surface area contributed by atoms with Gasteiger partial charge in [-0.15, -0.1) is 0 Å². The summed E-state index contributed by atoms with van der Waals surface area (Å²) in [6.45, 7) is 5.24. The maximum atomic E-state index is 12.0. The summed E-state index contributed by atoms with van der Waals surface area (Å²) in [5.41, 5.74) is 3.43. The quantitative estimate of drug-likeness (QED) is 0.839. The third kappa shape index (κ3) is 2.86. The van der Waals surface area contributed by atoms with Crippen molar-refractivity contribution in [1.29, 1.82) is 0 Å². The second kappa shape index (κ2) is 4.88. The first-order chi connectivity index (χ1) is 8.06. The van der Waals surface area contributed by atoms with E-state index in [1.54, 1.807) is 4.90 Å². The molecule has 1 aromatic carbocycles. The van der Waals surface area contributed by atoms with Gasteiger partial charge in [-0.25, -0.2) is 0 Å². The highest BCUT2D eigenvalue weighted by molar-refractivity contribution is 5.79. The number of β-amino-alcohol motifs (C(OH)–C–C–N with tert-alkyl or cyclic N) is 1. The number of aryl methyl sites for hydroxylation is 2. The van der Waals surface area contributed by atoms with Crippen molar-refractivity contribution in [2.24, 2.45) is 0 Å². The van der Waals surface area contributed by atoms with Gasteiger partial charge in [0, 0.05) is 13.1 Å². The van der Waals surface area contributed by atoms with Gasteiger partial charge in [-0.2, -0.15) is 0 Å². The number of carbonyl (C=O) groups is 1. The Kier molecular flexibility index (Phi) is 3.48. The van der Waals surface area contributed by atoms with Crippen molar-refractivity contribution >= 4 is 5.91 Å². The smallest absolute Gasteiger partial charge is 0.227 e. The van der Waals surface area contributed by atoms with E-state index in [2.05, 4.69) is 18.2 Å². The van der Waals surface area contributed by atoms with E-state index in [0.717, 1.165) is 11.1 Å². The summed E-state index contributed by atoms with van der Waals surface area (Å²) in [5.74, 6) is 0.121. The lowest BCUT2D eigenvalue weighted by atomic mass is 10.0. The molecule has 1 N–H and O–H groups in total. The summed E-state index contributed by atoms with van der Waals surface area (Å²) < 4.78 is 0. The van der Waals surface area contributed by atoms with Crippen LogP contribution in [-0.2, 0) is 11.2 Å². The molecule has 17 heavy (non-hydrogen) atoms. The lowest BCUT2D eigenvalue weighted by Gasteiger charge is -2.16. The first-order valence-corrected chi connectivity index (χ1v) is 6.08. The van der Waals surface area contributed by atoms with Crippen LogP contribution in [0, 0.1) is 13.8 Å². The Hall–Kier alpha value is -1.35. The molecule has 0 radical (unpaired) electrons. The molecule has 1 aromatic rings. The van der Waals surface area contributed by atoms with Crippen molar-refractivity contribution in [3.05, 3.63) is 34.9 Å². The zero-order chi connectivity index (χ0) is 12.4. The third-order valence-corrected chi connectivity index (χ3v) is 3.36. The van der Waals surface area contributed by atoms with Crippen molar-refractivity contribution < 1.29 is 9.90 Å². The van der Waals surface area contributed by atoms with E-state index in [9.17, 15) is 9.90 Å². The van der Waals surface area contributed by atoms with Gasteiger partial charge in [-0.3, -0.25) is 4.79 Å². The fourth-order valence-corrected chi connectivity index (χ4v) is 2.23. The average molecular weight is 233 g/mol. The largest absolute Gasteiger partial charge is 0.391 e. The summed E-state index contributed by atoms with van der Waals surface area (Å²) in [5, 5.41) is 9.42. The number of aliphatic hydroxyl groups excluding tert-OH is 1. The molecule has 1 fully saturated rings. The molecule has 0 aliphatic carbocycles. The Morgan fingerprint density at radius 3 is 2.88 bits per heavy atom. The van der Waals surface area contributed by atoms with Gasteiger partial charge in [0.15, 0.2) is 0 Å². The first-order valence-electron chi connectivity index (χ1n) is 6.08. The second-order valence-corrected chi connectivity index (χ2v) is 4.89. The molecule has 3 nitrogen and oxygen atoms in total. The maximum absolute atomic E-state index is 12.0. The molecular formula is C14H19NO2. The van der Waals surface area contributed by atoms with E-state index >= 15 is 0 Å². The highest BCUT2D eigenvalue weighted by atomic mass is 16.3. The zero-order valence-corrected chi connectivity index (χ0v) is 10.4. The predicted octanol–water partition coefficient (Wildman–Crippen LogP) is 1.44. The number of amides is 1. The van der Waals surface area contributed by atoms with Crippen LogP contribution in [-0.4, -0.2) is 35.1 Å². The Bertz CT molecular complexity index is 428. The van der Waals surface area contributed by atoms with Crippen LogP contribution >= 0.6 is 0 Å². The molecule has 0 aromatic heterocycles. The summed E-state index contributed by atoms with van der Waals surface area (Å²) in [7, 11) is 0. The van der Waals surface area contributed by atoms with Crippen molar-refractivity contribution in [3.63, 3.8) is 0 Å². The number of nitrogens with zero attached hydrogens (tertiary/aromatic N) is 1. The van der Waals surface area contributed by atoms with Crippen LogP contribution in [0.25, 0.3) is 0 Å². The fraction of sp³-hybridized carbons (Fsp3) is 0.500. The minimum atomic E-state index is -0.336. The number of benzene rings is 1. The Morgan fingerprint density at radius 1 is 1.47 bits per heavy atom. The number of aliphatic hydroxyl groups is 1. The predicted molar refractivity (Wildman–Crippen MR) is 66.8 cm³/mol. The van der Waals surface area contributed by atoms with Gasteiger partial charge in [0.05, 0.1) is 12.5 Å². The average Bonchev–Trinajstić information content (AvgIpc) is 2.70. The maximum Gasteiger partial charge on any atom is 0.227 e. The van der Waals surface area contributed by atoms with Crippen LogP contribution in [0.1, 0.15) is 23.1 Å². The summed E-state index contributed by atoms with van der Waals surface area (Å²) >= 11 is 0. The molecule has 92 valence electrons. The van der Waals surface area contributed by atoms with Gasteiger partial charge in [0.25, 0.3) is 0 Å². The minimum Gasteiger partial charge on any atom is -0.391 e. The number of carbonyl (C=O) groups excluding carboxylic acids is 1. The lowest BCUT2D eigenvalue weighted by molar-refractivity contribution is -0.129. The second-order valence-electron chi connectivity index (χ2n) is 4.89. The molecule has 0 unspecified atom stereocenters. The first kappa shape index (κ1) is 12.1.